The Hall–Kier alpha value is -2.69. The van der Waals surface area contributed by atoms with Crippen molar-refractivity contribution in [3.8, 4) is 0 Å². The summed E-state index contributed by atoms with van der Waals surface area (Å²) in [5, 5.41) is 10.9. The van der Waals surface area contributed by atoms with E-state index in [2.05, 4.69) is 15.5 Å². The number of carbonyl (C=O) groups excluding carboxylic acids is 1. The Morgan fingerprint density at radius 1 is 1.05 bits per heavy atom. The third-order valence-electron chi connectivity index (χ3n) is 2.83. The van der Waals surface area contributed by atoms with Gasteiger partial charge in [0.05, 0.1) is 6.54 Å². The van der Waals surface area contributed by atoms with E-state index in [1.807, 2.05) is 47.0 Å². The minimum Gasteiger partial charge on any atom is -0.345 e. The van der Waals surface area contributed by atoms with E-state index in [1.54, 1.807) is 12.1 Å². The minimum absolute atomic E-state index is 0.117. The summed E-state index contributed by atoms with van der Waals surface area (Å²) in [6.07, 6.45) is 1.87. The van der Waals surface area contributed by atoms with Gasteiger partial charge in [0.1, 0.15) is 0 Å². The highest BCUT2D eigenvalue weighted by Crippen LogP contribution is 2.03. The van der Waals surface area contributed by atoms with Crippen molar-refractivity contribution in [1.29, 1.82) is 0 Å². The predicted molar refractivity (Wildman–Crippen MR) is 70.6 cm³/mol. The maximum Gasteiger partial charge on any atom is 0.251 e. The van der Waals surface area contributed by atoms with Crippen LogP contribution in [0.25, 0.3) is 5.65 Å². The summed E-state index contributed by atoms with van der Waals surface area (Å²) in [7, 11) is 0. The van der Waals surface area contributed by atoms with E-state index in [1.165, 1.54) is 0 Å². The van der Waals surface area contributed by atoms with Crippen LogP contribution in [0.3, 0.4) is 0 Å². The van der Waals surface area contributed by atoms with Crippen LogP contribution < -0.4 is 5.32 Å². The molecule has 0 saturated heterocycles. The molecule has 0 aliphatic rings. The van der Waals surface area contributed by atoms with Crippen LogP contribution in [0.2, 0.25) is 0 Å². The Balaban J connectivity index is 1.75. The summed E-state index contributed by atoms with van der Waals surface area (Å²) < 4.78 is 1.85. The lowest BCUT2D eigenvalue weighted by Gasteiger charge is -2.03. The average molecular weight is 252 g/mol. The first-order valence-electron chi connectivity index (χ1n) is 5.96. The molecule has 1 aromatic carbocycles. The normalized spacial score (nSPS) is 10.5. The molecule has 1 N–H and O–H groups in total. The first kappa shape index (κ1) is 11.4. The number of aromatic nitrogens is 3. The molecule has 0 aliphatic heterocycles. The Morgan fingerprint density at radius 2 is 1.84 bits per heavy atom. The highest BCUT2D eigenvalue weighted by Gasteiger charge is 2.07. The molecule has 0 atom stereocenters. The molecule has 5 heteroatoms. The Kier molecular flexibility index (Phi) is 2.94. The van der Waals surface area contributed by atoms with Gasteiger partial charge in [-0.15, -0.1) is 10.2 Å². The Labute approximate surface area is 109 Å². The summed E-state index contributed by atoms with van der Waals surface area (Å²) in [5.41, 5.74) is 1.41. The fraction of sp³-hybridized carbons (Fsp3) is 0.0714. The van der Waals surface area contributed by atoms with Crippen LogP contribution in [-0.4, -0.2) is 20.5 Å². The van der Waals surface area contributed by atoms with Gasteiger partial charge in [0.2, 0.25) is 0 Å². The zero-order valence-electron chi connectivity index (χ0n) is 10.2. The molecule has 2 aromatic heterocycles. The summed E-state index contributed by atoms with van der Waals surface area (Å²) in [6.45, 7) is 0.346. The van der Waals surface area contributed by atoms with Gasteiger partial charge in [-0.25, -0.2) is 0 Å². The van der Waals surface area contributed by atoms with Gasteiger partial charge >= 0.3 is 0 Å². The lowest BCUT2D eigenvalue weighted by atomic mass is 10.2. The van der Waals surface area contributed by atoms with E-state index in [0.29, 0.717) is 17.9 Å². The number of benzene rings is 1. The standard InChI is InChI=1S/C14H12N4O/c19-14(11-6-2-1-3-7-11)15-10-13-17-16-12-8-4-5-9-18(12)13/h1-9H,10H2,(H,15,19). The minimum atomic E-state index is -0.117. The Bertz CT molecular complexity index is 706. The van der Waals surface area contributed by atoms with Gasteiger partial charge in [0.15, 0.2) is 11.5 Å². The second-order valence-corrected chi connectivity index (χ2v) is 4.09. The first-order chi connectivity index (χ1) is 9.34. The van der Waals surface area contributed by atoms with E-state index in [0.717, 1.165) is 5.65 Å². The van der Waals surface area contributed by atoms with Crippen LogP contribution in [0.15, 0.2) is 54.7 Å². The van der Waals surface area contributed by atoms with E-state index in [4.69, 9.17) is 0 Å². The zero-order valence-corrected chi connectivity index (χ0v) is 10.2. The van der Waals surface area contributed by atoms with Gasteiger partial charge in [-0.1, -0.05) is 24.3 Å². The fourth-order valence-electron chi connectivity index (χ4n) is 1.86. The molecule has 1 amide bonds. The van der Waals surface area contributed by atoms with Crippen LogP contribution in [0, 0.1) is 0 Å². The highest BCUT2D eigenvalue weighted by atomic mass is 16.1. The summed E-state index contributed by atoms with van der Waals surface area (Å²) in [6, 6.07) is 14.8. The molecule has 0 unspecified atom stereocenters. The van der Waals surface area contributed by atoms with Crippen molar-refractivity contribution in [2.24, 2.45) is 0 Å². The van der Waals surface area contributed by atoms with Gasteiger partial charge < -0.3 is 5.32 Å². The lowest BCUT2D eigenvalue weighted by molar-refractivity contribution is 0.0950. The molecule has 5 nitrogen and oxygen atoms in total. The average Bonchev–Trinajstić information content (AvgIpc) is 2.89. The maximum absolute atomic E-state index is 11.9. The van der Waals surface area contributed by atoms with Crippen molar-refractivity contribution in [2.75, 3.05) is 0 Å². The SMILES string of the molecule is O=C(NCc1nnc2ccccn12)c1ccccc1. The molecular formula is C14H12N4O. The number of nitrogens with zero attached hydrogens (tertiary/aromatic N) is 3. The van der Waals surface area contributed by atoms with Gasteiger partial charge in [0, 0.05) is 11.8 Å². The third kappa shape index (κ3) is 2.30. The summed E-state index contributed by atoms with van der Waals surface area (Å²) >= 11 is 0. The van der Waals surface area contributed by atoms with Gasteiger partial charge in [0.25, 0.3) is 5.91 Å². The second kappa shape index (κ2) is 4.89. The second-order valence-electron chi connectivity index (χ2n) is 4.09. The number of carbonyl (C=O) groups is 1. The van der Waals surface area contributed by atoms with Crippen LogP contribution >= 0.6 is 0 Å². The van der Waals surface area contributed by atoms with Gasteiger partial charge in [-0.3, -0.25) is 9.20 Å². The van der Waals surface area contributed by atoms with Crippen LogP contribution in [0.4, 0.5) is 0 Å². The molecule has 3 rings (SSSR count). The molecule has 0 bridgehead atoms. The topological polar surface area (TPSA) is 59.3 Å². The number of rotatable bonds is 3. The molecule has 0 spiro atoms. The van der Waals surface area contributed by atoms with E-state index in [-0.39, 0.29) is 5.91 Å². The highest BCUT2D eigenvalue weighted by molar-refractivity contribution is 5.93. The quantitative estimate of drug-likeness (QED) is 0.771. The van der Waals surface area contributed by atoms with Crippen LogP contribution in [0.1, 0.15) is 16.2 Å². The molecule has 0 saturated carbocycles. The molecule has 0 aliphatic carbocycles. The lowest BCUT2D eigenvalue weighted by Crippen LogP contribution is -2.23. The van der Waals surface area contributed by atoms with Crippen LogP contribution in [0.5, 0.6) is 0 Å². The predicted octanol–water partition coefficient (Wildman–Crippen LogP) is 1.66. The van der Waals surface area contributed by atoms with Gasteiger partial charge in [-0.05, 0) is 24.3 Å². The van der Waals surface area contributed by atoms with Crippen molar-refractivity contribution < 1.29 is 4.79 Å². The molecule has 2 heterocycles. The summed E-state index contributed by atoms with van der Waals surface area (Å²) in [4.78, 5) is 11.9. The van der Waals surface area contributed by atoms with Gasteiger partial charge in [-0.2, -0.15) is 0 Å². The largest absolute Gasteiger partial charge is 0.345 e. The molecular weight excluding hydrogens is 240 g/mol. The smallest absolute Gasteiger partial charge is 0.251 e. The van der Waals surface area contributed by atoms with E-state index in [9.17, 15) is 4.79 Å². The van der Waals surface area contributed by atoms with Crippen molar-refractivity contribution >= 4 is 11.6 Å². The first-order valence-corrected chi connectivity index (χ1v) is 5.96. The maximum atomic E-state index is 11.9. The number of hydrogen-bond donors (Lipinski definition) is 1. The number of nitrogens with one attached hydrogen (secondary N) is 1. The molecule has 3 aromatic rings. The van der Waals surface area contributed by atoms with Crippen molar-refractivity contribution in [1.82, 2.24) is 19.9 Å². The third-order valence-corrected chi connectivity index (χ3v) is 2.83. The number of hydrogen-bond acceptors (Lipinski definition) is 3. The molecule has 94 valence electrons. The fourth-order valence-corrected chi connectivity index (χ4v) is 1.86. The molecule has 0 radical (unpaired) electrons. The Morgan fingerprint density at radius 3 is 2.68 bits per heavy atom. The molecule has 0 fully saturated rings. The zero-order chi connectivity index (χ0) is 13.1. The van der Waals surface area contributed by atoms with Crippen molar-refractivity contribution in [3.63, 3.8) is 0 Å². The van der Waals surface area contributed by atoms with E-state index >= 15 is 0 Å². The van der Waals surface area contributed by atoms with Crippen molar-refractivity contribution in [3.05, 3.63) is 66.1 Å². The number of pyridine rings is 1. The number of fused-ring (bicyclic) bond motifs is 1. The molecule has 19 heavy (non-hydrogen) atoms. The summed E-state index contributed by atoms with van der Waals surface area (Å²) in [5.74, 6) is 0.591. The van der Waals surface area contributed by atoms with Crippen LogP contribution in [-0.2, 0) is 6.54 Å². The van der Waals surface area contributed by atoms with E-state index < -0.39 is 0 Å². The van der Waals surface area contributed by atoms with Crippen molar-refractivity contribution in [2.45, 2.75) is 6.54 Å². The number of amides is 1. The monoisotopic (exact) mass is 252 g/mol.